The Kier molecular flexibility index (Phi) is 38.3. The summed E-state index contributed by atoms with van der Waals surface area (Å²) in [5.74, 6) is 1.06. The van der Waals surface area contributed by atoms with Crippen LogP contribution < -0.4 is 0 Å². The van der Waals surface area contributed by atoms with Crippen molar-refractivity contribution in [3.63, 3.8) is 0 Å². The third-order valence-corrected chi connectivity index (χ3v) is 13.0. The summed E-state index contributed by atoms with van der Waals surface area (Å²) in [6, 6.07) is 0.940. The third-order valence-electron chi connectivity index (χ3n) is 9.82. The Bertz CT molecular complexity index is 509. The minimum atomic E-state index is -2.34. The second-order valence-electron chi connectivity index (χ2n) is 13.8. The highest BCUT2D eigenvalue weighted by Crippen LogP contribution is 2.20. The molecule has 0 aromatic heterocycles. The molecular formula is C39H82O3SSi. The molecule has 0 saturated heterocycles. The Hall–Kier alpha value is 0.447. The first kappa shape index (κ1) is 44.4. The highest BCUT2D eigenvalue weighted by Gasteiger charge is 2.36. The van der Waals surface area contributed by atoms with Gasteiger partial charge in [-0.1, -0.05) is 205 Å². The van der Waals surface area contributed by atoms with Crippen LogP contribution in [-0.4, -0.2) is 35.9 Å². The molecule has 0 aliphatic rings. The Balaban J connectivity index is 3.11. The van der Waals surface area contributed by atoms with Crippen LogP contribution in [0.3, 0.4) is 0 Å². The summed E-state index contributed by atoms with van der Waals surface area (Å²) in [5.41, 5.74) is 0. The van der Waals surface area contributed by atoms with Crippen molar-refractivity contribution >= 4 is 21.4 Å². The maximum atomic E-state index is 5.50. The number of thiol groups is 1. The predicted octanol–water partition coefficient (Wildman–Crippen LogP) is 14.1. The summed E-state index contributed by atoms with van der Waals surface area (Å²) < 4.78 is 16.5. The Morgan fingerprint density at radius 3 is 0.591 bits per heavy atom. The maximum Gasteiger partial charge on any atom is 0.500 e. The Morgan fingerprint density at radius 2 is 0.432 bits per heavy atom. The van der Waals surface area contributed by atoms with Crippen LogP contribution >= 0.6 is 12.6 Å². The quantitative estimate of drug-likeness (QED) is 0.0404. The fraction of sp³-hybridized carbons (Fsp3) is 1.00. The first-order valence-electron chi connectivity index (χ1n) is 20.0. The van der Waals surface area contributed by atoms with Crippen molar-refractivity contribution in [1.29, 1.82) is 0 Å². The van der Waals surface area contributed by atoms with Crippen molar-refractivity contribution in [1.82, 2.24) is 0 Å². The van der Waals surface area contributed by atoms with E-state index in [1.54, 1.807) is 21.3 Å². The van der Waals surface area contributed by atoms with Crippen LogP contribution in [0, 0.1) is 0 Å². The van der Waals surface area contributed by atoms with E-state index in [0.717, 1.165) is 18.2 Å². The summed E-state index contributed by atoms with van der Waals surface area (Å²) in [6.45, 7) is 0. The van der Waals surface area contributed by atoms with E-state index in [4.69, 9.17) is 13.3 Å². The van der Waals surface area contributed by atoms with Gasteiger partial charge >= 0.3 is 8.80 Å². The van der Waals surface area contributed by atoms with Gasteiger partial charge in [-0.2, -0.15) is 12.6 Å². The monoisotopic (exact) mass is 659 g/mol. The molecule has 0 aromatic rings. The van der Waals surface area contributed by atoms with E-state index in [0.29, 0.717) is 0 Å². The molecule has 0 N–H and O–H groups in total. The minimum Gasteiger partial charge on any atom is -0.377 e. The molecule has 3 nitrogen and oxygen atoms in total. The Morgan fingerprint density at radius 1 is 0.273 bits per heavy atom. The second-order valence-corrected chi connectivity index (χ2v) is 17.3. The summed E-state index contributed by atoms with van der Waals surface area (Å²) in [7, 11) is 2.79. The van der Waals surface area contributed by atoms with Crippen LogP contribution in [0.4, 0.5) is 0 Å². The smallest absolute Gasteiger partial charge is 0.377 e. The lowest BCUT2D eigenvalue weighted by atomic mass is 10.0. The summed E-state index contributed by atoms with van der Waals surface area (Å²) in [6.07, 6.45) is 48.8. The molecule has 0 amide bonds. The topological polar surface area (TPSA) is 27.7 Å². The van der Waals surface area contributed by atoms with Crippen LogP contribution in [-0.2, 0) is 13.3 Å². The summed E-state index contributed by atoms with van der Waals surface area (Å²) >= 11 is 4.29. The molecule has 0 rings (SSSR count). The number of hydrogen-bond donors (Lipinski definition) is 1. The van der Waals surface area contributed by atoms with Crippen LogP contribution in [0.25, 0.3) is 0 Å². The molecule has 0 bridgehead atoms. The molecule has 0 spiro atoms. The van der Waals surface area contributed by atoms with Crippen molar-refractivity contribution in [3.8, 4) is 0 Å². The van der Waals surface area contributed by atoms with E-state index >= 15 is 0 Å². The average molecular weight is 659 g/mol. The predicted molar refractivity (Wildman–Crippen MR) is 202 cm³/mol. The molecule has 0 unspecified atom stereocenters. The van der Waals surface area contributed by atoms with Gasteiger partial charge in [0.15, 0.2) is 0 Å². The minimum absolute atomic E-state index is 0.940. The zero-order valence-electron chi connectivity index (χ0n) is 30.6. The van der Waals surface area contributed by atoms with Crippen LogP contribution in [0.2, 0.25) is 6.04 Å². The zero-order chi connectivity index (χ0) is 32.1. The SMILES string of the molecule is CO[Si](CCCCCCCCCCCCCCCCCCCCCCCCCCCCCCCCCCCCS)(OC)OC. The van der Waals surface area contributed by atoms with Crippen molar-refractivity contribution in [2.75, 3.05) is 27.1 Å². The van der Waals surface area contributed by atoms with Gasteiger partial charge in [0, 0.05) is 27.4 Å². The standard InChI is InChI=1S/C39H82O3SSi/c1-40-44(41-2,42-3)39-37-35-33-31-29-27-25-23-21-19-17-15-13-11-9-7-5-4-6-8-10-12-14-16-18-20-22-24-26-28-30-32-34-36-38-43/h43H,4-39H2,1-3H3. The molecule has 44 heavy (non-hydrogen) atoms. The molecule has 5 heteroatoms. The van der Waals surface area contributed by atoms with Crippen molar-refractivity contribution in [3.05, 3.63) is 0 Å². The van der Waals surface area contributed by atoms with E-state index in [1.165, 1.54) is 212 Å². The molecule has 0 saturated carbocycles. The van der Waals surface area contributed by atoms with Gasteiger partial charge in [-0.25, -0.2) is 0 Å². The van der Waals surface area contributed by atoms with E-state index < -0.39 is 8.80 Å². The number of unbranched alkanes of at least 4 members (excludes halogenated alkanes) is 33. The Labute approximate surface area is 285 Å². The van der Waals surface area contributed by atoms with Gasteiger partial charge in [-0.15, -0.1) is 0 Å². The molecule has 0 atom stereocenters. The molecular weight excluding hydrogens is 577 g/mol. The lowest BCUT2D eigenvalue weighted by molar-refractivity contribution is 0.122. The molecule has 0 heterocycles. The molecule has 0 aliphatic carbocycles. The largest absolute Gasteiger partial charge is 0.500 e. The lowest BCUT2D eigenvalue weighted by Crippen LogP contribution is -2.42. The van der Waals surface area contributed by atoms with Gasteiger partial charge in [0.1, 0.15) is 0 Å². The fourth-order valence-corrected chi connectivity index (χ4v) is 8.69. The van der Waals surface area contributed by atoms with Gasteiger partial charge < -0.3 is 13.3 Å². The molecule has 0 radical (unpaired) electrons. The lowest BCUT2D eigenvalue weighted by Gasteiger charge is -2.24. The normalized spacial score (nSPS) is 12.0. The summed E-state index contributed by atoms with van der Waals surface area (Å²) in [4.78, 5) is 0. The second kappa shape index (κ2) is 37.9. The molecule has 0 aliphatic heterocycles. The van der Waals surface area contributed by atoms with Crippen molar-refractivity contribution < 1.29 is 13.3 Å². The van der Waals surface area contributed by atoms with Crippen LogP contribution in [0.15, 0.2) is 0 Å². The zero-order valence-corrected chi connectivity index (χ0v) is 32.5. The number of hydrogen-bond acceptors (Lipinski definition) is 4. The van der Waals surface area contributed by atoms with Gasteiger partial charge in [0.25, 0.3) is 0 Å². The van der Waals surface area contributed by atoms with E-state index in [-0.39, 0.29) is 0 Å². The summed E-state index contributed by atoms with van der Waals surface area (Å²) in [5, 5.41) is 0. The highest BCUT2D eigenvalue weighted by atomic mass is 32.1. The first-order valence-corrected chi connectivity index (χ1v) is 22.6. The molecule has 0 aromatic carbocycles. The first-order chi connectivity index (χ1) is 21.7. The van der Waals surface area contributed by atoms with Crippen molar-refractivity contribution in [2.24, 2.45) is 0 Å². The fourth-order valence-electron chi connectivity index (χ4n) is 6.67. The van der Waals surface area contributed by atoms with Crippen molar-refractivity contribution in [2.45, 2.75) is 224 Å². The third kappa shape index (κ3) is 32.4. The van der Waals surface area contributed by atoms with Gasteiger partial charge in [-0.05, 0) is 18.6 Å². The average Bonchev–Trinajstić information content (AvgIpc) is 3.05. The highest BCUT2D eigenvalue weighted by molar-refractivity contribution is 7.80. The van der Waals surface area contributed by atoms with Gasteiger partial charge in [-0.3, -0.25) is 0 Å². The van der Waals surface area contributed by atoms with Crippen LogP contribution in [0.1, 0.15) is 218 Å². The van der Waals surface area contributed by atoms with E-state index in [9.17, 15) is 0 Å². The molecule has 0 fully saturated rings. The van der Waals surface area contributed by atoms with E-state index in [2.05, 4.69) is 12.6 Å². The van der Waals surface area contributed by atoms with Gasteiger partial charge in [0.2, 0.25) is 0 Å². The van der Waals surface area contributed by atoms with Crippen LogP contribution in [0.5, 0.6) is 0 Å². The maximum absolute atomic E-state index is 5.50. The van der Waals surface area contributed by atoms with E-state index in [1.807, 2.05) is 0 Å². The number of rotatable bonds is 39. The molecule has 266 valence electrons. The van der Waals surface area contributed by atoms with Gasteiger partial charge in [0.05, 0.1) is 0 Å².